The summed E-state index contributed by atoms with van der Waals surface area (Å²) in [5, 5.41) is 1.09. The van der Waals surface area contributed by atoms with E-state index in [1.54, 1.807) is 0 Å². The predicted octanol–water partition coefficient (Wildman–Crippen LogP) is 4.63. The van der Waals surface area contributed by atoms with Crippen LogP contribution in [0.1, 0.15) is 27.2 Å². The van der Waals surface area contributed by atoms with Gasteiger partial charge in [0.2, 0.25) is 5.60 Å². The Morgan fingerprint density at radius 1 is 0.800 bits per heavy atom. The molecule has 1 atom stereocenters. The van der Waals surface area contributed by atoms with E-state index < -0.39 is 5.60 Å². The smallest absolute Gasteiger partial charge is 0.340 e. The van der Waals surface area contributed by atoms with Crippen LogP contribution in [0.25, 0.3) is 10.9 Å². The summed E-state index contributed by atoms with van der Waals surface area (Å²) in [6.45, 7) is 0. The van der Waals surface area contributed by atoms with Crippen LogP contribution in [0.5, 0.6) is 0 Å². The summed E-state index contributed by atoms with van der Waals surface area (Å²) in [4.78, 5) is 16.1. The quantitative estimate of drug-likeness (QED) is 0.546. The molecule has 1 aromatic heterocycles. The molecule has 0 fully saturated rings. The highest BCUT2D eigenvalue weighted by Crippen LogP contribution is 2.47. The number of para-hydroxylation sites is 1. The van der Waals surface area contributed by atoms with Gasteiger partial charge in [0.25, 0.3) is 0 Å². The van der Waals surface area contributed by atoms with E-state index >= 15 is 0 Å². The van der Waals surface area contributed by atoms with Crippen LogP contribution in [0.3, 0.4) is 0 Å². The molecule has 1 unspecified atom stereocenters. The van der Waals surface area contributed by atoms with Crippen LogP contribution >= 0.6 is 0 Å². The van der Waals surface area contributed by atoms with Crippen molar-refractivity contribution >= 4 is 16.9 Å². The summed E-state index contributed by atoms with van der Waals surface area (Å²) >= 11 is 0. The van der Waals surface area contributed by atoms with Gasteiger partial charge in [0.05, 0.1) is 11.3 Å². The van der Waals surface area contributed by atoms with Crippen molar-refractivity contribution in [2.45, 2.75) is 5.60 Å². The second kappa shape index (κ2) is 5.08. The summed E-state index contributed by atoms with van der Waals surface area (Å²) in [5.74, 6) is -0.293. The van der Waals surface area contributed by atoms with E-state index in [-0.39, 0.29) is 5.97 Å². The first kappa shape index (κ1) is 14.1. The Hall–Kier alpha value is -3.33. The maximum Gasteiger partial charge on any atom is 0.340 e. The fourth-order valence-electron chi connectivity index (χ4n) is 3.72. The summed E-state index contributed by atoms with van der Waals surface area (Å²) in [6.07, 6.45) is 0. The maximum atomic E-state index is 12.6. The van der Waals surface area contributed by atoms with Crippen molar-refractivity contribution in [3.8, 4) is 0 Å². The number of nitrogens with one attached hydrogen (secondary N) is 1. The number of aromatic nitrogens is 1. The highest BCUT2D eigenvalue weighted by molar-refractivity contribution is 5.96. The first-order chi connectivity index (χ1) is 12.3. The van der Waals surface area contributed by atoms with Crippen LogP contribution in [0, 0.1) is 0 Å². The monoisotopic (exact) mass is 325 g/mol. The fourth-order valence-corrected chi connectivity index (χ4v) is 3.72. The zero-order valence-electron chi connectivity index (χ0n) is 13.4. The molecule has 0 amide bonds. The van der Waals surface area contributed by atoms with E-state index in [1.165, 1.54) is 0 Å². The molecule has 3 heteroatoms. The number of hydrogen-bond donors (Lipinski definition) is 1. The minimum absolute atomic E-state index is 0.293. The zero-order chi connectivity index (χ0) is 16.9. The number of aromatic amines is 1. The largest absolute Gasteiger partial charge is 0.439 e. The molecule has 1 aliphatic rings. The molecule has 0 spiro atoms. The molecule has 0 aliphatic carbocycles. The first-order valence-electron chi connectivity index (χ1n) is 8.26. The van der Waals surface area contributed by atoms with Gasteiger partial charge >= 0.3 is 5.97 Å². The van der Waals surface area contributed by atoms with Crippen LogP contribution < -0.4 is 0 Å². The lowest BCUT2D eigenvalue weighted by Gasteiger charge is -2.28. The fraction of sp³-hybridized carbons (Fsp3) is 0.0455. The van der Waals surface area contributed by atoms with E-state index in [1.807, 2.05) is 72.8 Å². The molecule has 120 valence electrons. The average molecular weight is 325 g/mol. The molecule has 2 heterocycles. The van der Waals surface area contributed by atoms with Gasteiger partial charge in [0.1, 0.15) is 0 Å². The second-order valence-electron chi connectivity index (χ2n) is 6.25. The van der Waals surface area contributed by atoms with Crippen LogP contribution in [0.15, 0.2) is 84.9 Å². The molecule has 3 nitrogen and oxygen atoms in total. The van der Waals surface area contributed by atoms with Gasteiger partial charge < -0.3 is 9.72 Å². The molecule has 0 saturated heterocycles. The summed E-state index contributed by atoms with van der Waals surface area (Å²) in [5.41, 5.74) is 3.35. The van der Waals surface area contributed by atoms with Crippen molar-refractivity contribution in [1.29, 1.82) is 0 Å². The van der Waals surface area contributed by atoms with Crippen molar-refractivity contribution in [2.75, 3.05) is 0 Å². The highest BCUT2D eigenvalue weighted by atomic mass is 16.6. The number of rotatable bonds is 2. The molecule has 5 rings (SSSR count). The van der Waals surface area contributed by atoms with Crippen molar-refractivity contribution in [1.82, 2.24) is 4.98 Å². The maximum absolute atomic E-state index is 12.6. The third kappa shape index (κ3) is 1.89. The number of hydrogen-bond acceptors (Lipinski definition) is 2. The molecular weight excluding hydrogens is 310 g/mol. The minimum Gasteiger partial charge on any atom is -0.439 e. The van der Waals surface area contributed by atoms with Crippen molar-refractivity contribution in [3.63, 3.8) is 0 Å². The van der Waals surface area contributed by atoms with Crippen LogP contribution in [-0.4, -0.2) is 11.0 Å². The molecule has 1 aliphatic heterocycles. The van der Waals surface area contributed by atoms with E-state index in [4.69, 9.17) is 4.74 Å². The van der Waals surface area contributed by atoms with E-state index in [9.17, 15) is 4.79 Å². The summed E-state index contributed by atoms with van der Waals surface area (Å²) in [6, 6.07) is 27.7. The van der Waals surface area contributed by atoms with Gasteiger partial charge in [-0.25, -0.2) is 4.79 Å². The van der Waals surface area contributed by atoms with Crippen LogP contribution in [0.4, 0.5) is 0 Å². The van der Waals surface area contributed by atoms with Crippen molar-refractivity contribution < 1.29 is 9.53 Å². The van der Waals surface area contributed by atoms with Gasteiger partial charge in [0, 0.05) is 16.6 Å². The summed E-state index contributed by atoms with van der Waals surface area (Å²) < 4.78 is 6.05. The van der Waals surface area contributed by atoms with Gasteiger partial charge in [-0.15, -0.1) is 0 Å². The summed E-state index contributed by atoms with van der Waals surface area (Å²) in [7, 11) is 0. The molecule has 0 radical (unpaired) electrons. The van der Waals surface area contributed by atoms with Crippen molar-refractivity contribution in [3.05, 3.63) is 107 Å². The first-order valence-corrected chi connectivity index (χ1v) is 8.26. The minimum atomic E-state index is -0.950. The van der Waals surface area contributed by atoms with Gasteiger partial charge in [-0.3, -0.25) is 0 Å². The Kier molecular flexibility index (Phi) is 2.86. The lowest BCUT2D eigenvalue weighted by molar-refractivity contribution is 0.0241. The Balaban J connectivity index is 1.86. The Labute approximate surface area is 144 Å². The topological polar surface area (TPSA) is 42.1 Å². The lowest BCUT2D eigenvalue weighted by atomic mass is 9.83. The molecular formula is C22H15NO2. The van der Waals surface area contributed by atoms with E-state index in [2.05, 4.69) is 17.1 Å². The van der Waals surface area contributed by atoms with E-state index in [0.29, 0.717) is 5.56 Å². The standard InChI is InChI=1S/C22H15NO2/c24-21-17-11-5-6-12-18(17)22(25-21,16-9-2-1-3-10-16)20-14-15-8-4-7-13-19(15)23-20/h1-14,23H. The van der Waals surface area contributed by atoms with Gasteiger partial charge in [-0.2, -0.15) is 0 Å². The zero-order valence-corrected chi connectivity index (χ0v) is 13.4. The number of H-pyrrole nitrogens is 1. The van der Waals surface area contributed by atoms with Crippen LogP contribution in [-0.2, 0) is 10.3 Å². The number of ether oxygens (including phenoxy) is 1. The van der Waals surface area contributed by atoms with Gasteiger partial charge in [-0.05, 0) is 23.6 Å². The molecule has 0 bridgehead atoms. The van der Waals surface area contributed by atoms with Gasteiger partial charge in [-0.1, -0.05) is 66.7 Å². The number of fused-ring (bicyclic) bond motifs is 2. The molecule has 25 heavy (non-hydrogen) atoms. The predicted molar refractivity (Wildman–Crippen MR) is 96.5 cm³/mol. The molecule has 0 saturated carbocycles. The number of carbonyl (C=O) groups is 1. The average Bonchev–Trinajstić information content (AvgIpc) is 3.23. The molecule has 4 aromatic rings. The van der Waals surface area contributed by atoms with Crippen LogP contribution in [0.2, 0.25) is 0 Å². The number of carbonyl (C=O) groups excluding carboxylic acids is 1. The Morgan fingerprint density at radius 2 is 1.52 bits per heavy atom. The van der Waals surface area contributed by atoms with Gasteiger partial charge in [0.15, 0.2) is 0 Å². The lowest BCUT2D eigenvalue weighted by Crippen LogP contribution is -2.29. The molecule has 1 N–H and O–H groups in total. The third-order valence-corrected chi connectivity index (χ3v) is 4.86. The normalized spacial score (nSPS) is 19.0. The highest BCUT2D eigenvalue weighted by Gasteiger charge is 2.49. The number of esters is 1. The van der Waals surface area contributed by atoms with Crippen molar-refractivity contribution in [2.24, 2.45) is 0 Å². The Morgan fingerprint density at radius 3 is 2.36 bits per heavy atom. The Bertz CT molecular complexity index is 1060. The molecule has 3 aromatic carbocycles. The number of benzene rings is 3. The van der Waals surface area contributed by atoms with E-state index in [0.717, 1.165) is 27.7 Å². The number of cyclic esters (lactones) is 1. The SMILES string of the molecule is O=C1OC(c2ccccc2)(c2cc3ccccc3[nH]2)c2ccccc21. The third-order valence-electron chi connectivity index (χ3n) is 4.86. The second-order valence-corrected chi connectivity index (χ2v) is 6.25.